The highest BCUT2D eigenvalue weighted by atomic mass is 16.5. The van der Waals surface area contributed by atoms with E-state index in [9.17, 15) is 9.90 Å². The van der Waals surface area contributed by atoms with Crippen molar-refractivity contribution in [3.63, 3.8) is 0 Å². The van der Waals surface area contributed by atoms with E-state index < -0.39 is 5.97 Å². The molecule has 3 nitrogen and oxygen atoms in total. The molecule has 0 aromatic heterocycles. The molecule has 0 spiro atoms. The molecule has 0 fully saturated rings. The monoisotopic (exact) mass is 292 g/mol. The molecule has 0 amide bonds. The van der Waals surface area contributed by atoms with E-state index in [1.165, 1.54) is 32.1 Å². The molecular weight excluding hydrogens is 264 g/mol. The molecule has 0 bridgehead atoms. The summed E-state index contributed by atoms with van der Waals surface area (Å²) in [6.07, 6.45) is 9.36. The van der Waals surface area contributed by atoms with Gasteiger partial charge in [0.05, 0.1) is 11.7 Å². The van der Waals surface area contributed by atoms with Crippen LogP contribution in [0, 0.1) is 0 Å². The van der Waals surface area contributed by atoms with E-state index in [0.717, 1.165) is 18.4 Å². The molecule has 0 aliphatic carbocycles. The average Bonchev–Trinajstić information content (AvgIpc) is 2.49. The van der Waals surface area contributed by atoms with Gasteiger partial charge in [-0.15, -0.1) is 0 Å². The highest BCUT2D eigenvalue weighted by molar-refractivity contribution is 5.89. The first-order valence-electron chi connectivity index (χ1n) is 8.03. The number of rotatable bonds is 11. The van der Waals surface area contributed by atoms with Crippen molar-refractivity contribution >= 4 is 5.97 Å². The maximum atomic E-state index is 11.2. The molecule has 0 saturated heterocycles. The number of carbonyl (C=O) groups is 1. The normalized spacial score (nSPS) is 12.3. The van der Waals surface area contributed by atoms with Crippen molar-refractivity contribution in [2.24, 2.45) is 0 Å². The first-order valence-corrected chi connectivity index (χ1v) is 8.03. The number of ether oxygens (including phenoxy) is 1. The fraction of sp³-hybridized carbons (Fsp3) is 0.611. The number of carboxylic acid groups (broad SMARTS) is 1. The highest BCUT2D eigenvalue weighted by Crippen LogP contribution is 2.17. The first-order chi connectivity index (χ1) is 10.2. The van der Waals surface area contributed by atoms with Crippen LogP contribution in [0.25, 0.3) is 0 Å². The van der Waals surface area contributed by atoms with E-state index >= 15 is 0 Å². The third-order valence-corrected chi connectivity index (χ3v) is 3.91. The Balaban J connectivity index is 2.42. The third-order valence-electron chi connectivity index (χ3n) is 3.91. The summed E-state index contributed by atoms with van der Waals surface area (Å²) in [5, 5.41) is 9.21. The van der Waals surface area contributed by atoms with Gasteiger partial charge in [-0.3, -0.25) is 0 Å². The number of methoxy groups -OCH3 is 1. The molecule has 1 aromatic carbocycles. The van der Waals surface area contributed by atoms with E-state index in [2.05, 4.69) is 6.92 Å². The van der Waals surface area contributed by atoms with Crippen molar-refractivity contribution in [3.05, 3.63) is 35.4 Å². The minimum atomic E-state index is -0.861. The number of benzene rings is 1. The molecule has 118 valence electrons. The molecule has 0 saturated carbocycles. The van der Waals surface area contributed by atoms with Crippen molar-refractivity contribution in [2.75, 3.05) is 7.11 Å². The van der Waals surface area contributed by atoms with Crippen molar-refractivity contribution in [1.29, 1.82) is 0 Å². The van der Waals surface area contributed by atoms with Gasteiger partial charge >= 0.3 is 5.97 Å². The second-order valence-electron chi connectivity index (χ2n) is 5.58. The summed E-state index contributed by atoms with van der Waals surface area (Å²) >= 11 is 0. The fourth-order valence-electron chi connectivity index (χ4n) is 2.61. The van der Waals surface area contributed by atoms with Gasteiger partial charge in [-0.25, -0.2) is 4.79 Å². The molecule has 0 aliphatic rings. The van der Waals surface area contributed by atoms with Crippen LogP contribution in [0.15, 0.2) is 24.3 Å². The molecule has 1 unspecified atom stereocenters. The summed E-state index contributed by atoms with van der Waals surface area (Å²) < 4.78 is 5.52. The lowest BCUT2D eigenvalue weighted by atomic mass is 9.98. The van der Waals surface area contributed by atoms with E-state index in [4.69, 9.17) is 4.74 Å². The Kier molecular flexibility index (Phi) is 8.76. The number of aromatic carboxylic acids is 1. The maximum absolute atomic E-state index is 11.2. The quantitative estimate of drug-likeness (QED) is 0.602. The molecule has 3 heteroatoms. The van der Waals surface area contributed by atoms with Crippen LogP contribution in [0.3, 0.4) is 0 Å². The van der Waals surface area contributed by atoms with Crippen LogP contribution in [-0.4, -0.2) is 24.3 Å². The van der Waals surface area contributed by atoms with Gasteiger partial charge in [-0.2, -0.15) is 0 Å². The Labute approximate surface area is 128 Å². The lowest BCUT2D eigenvalue weighted by Gasteiger charge is -2.16. The summed E-state index contributed by atoms with van der Waals surface area (Å²) in [6.45, 7) is 2.22. The summed E-state index contributed by atoms with van der Waals surface area (Å²) in [6, 6.07) is 7.20. The minimum Gasteiger partial charge on any atom is -0.478 e. The molecule has 1 atom stereocenters. The van der Waals surface area contributed by atoms with Crippen LogP contribution in [-0.2, 0) is 11.2 Å². The molecule has 21 heavy (non-hydrogen) atoms. The Morgan fingerprint density at radius 2 is 1.81 bits per heavy atom. The average molecular weight is 292 g/mol. The lowest BCUT2D eigenvalue weighted by Crippen LogP contribution is -2.16. The lowest BCUT2D eigenvalue weighted by molar-refractivity contribution is 0.0691. The number of hydrogen-bond donors (Lipinski definition) is 1. The standard InChI is InChI=1S/C18H28O3/c1-3-4-5-6-7-8-12-16(21-2)14-15-11-9-10-13-17(15)18(19)20/h9-11,13,16H,3-8,12,14H2,1-2H3,(H,19,20). The van der Waals surface area contributed by atoms with Gasteiger partial charge in [-0.1, -0.05) is 63.6 Å². The topological polar surface area (TPSA) is 46.5 Å². The smallest absolute Gasteiger partial charge is 0.335 e. The van der Waals surface area contributed by atoms with Gasteiger partial charge in [0.2, 0.25) is 0 Å². The zero-order chi connectivity index (χ0) is 15.5. The largest absolute Gasteiger partial charge is 0.478 e. The molecule has 1 aromatic rings. The second kappa shape index (κ2) is 10.4. The first kappa shape index (κ1) is 17.7. The highest BCUT2D eigenvalue weighted by Gasteiger charge is 2.14. The number of hydrogen-bond acceptors (Lipinski definition) is 2. The summed E-state index contributed by atoms with van der Waals surface area (Å²) in [4.78, 5) is 11.2. The van der Waals surface area contributed by atoms with E-state index in [1.807, 2.05) is 12.1 Å². The van der Waals surface area contributed by atoms with E-state index in [1.54, 1.807) is 19.2 Å². The van der Waals surface area contributed by atoms with Crippen LogP contribution < -0.4 is 0 Å². The Morgan fingerprint density at radius 3 is 2.48 bits per heavy atom. The van der Waals surface area contributed by atoms with Gasteiger partial charge in [0.1, 0.15) is 0 Å². The summed E-state index contributed by atoms with van der Waals surface area (Å²) in [7, 11) is 1.71. The predicted molar refractivity (Wildman–Crippen MR) is 85.9 cm³/mol. The predicted octanol–water partition coefficient (Wildman–Crippen LogP) is 4.69. The maximum Gasteiger partial charge on any atom is 0.335 e. The number of unbranched alkanes of at least 4 members (excludes halogenated alkanes) is 5. The van der Waals surface area contributed by atoms with Crippen LogP contribution in [0.1, 0.15) is 67.8 Å². The van der Waals surface area contributed by atoms with E-state index in [-0.39, 0.29) is 6.10 Å². The number of carboxylic acids is 1. The van der Waals surface area contributed by atoms with Crippen molar-refractivity contribution in [2.45, 2.75) is 64.4 Å². The summed E-state index contributed by atoms with van der Waals surface area (Å²) in [5.41, 5.74) is 1.25. The van der Waals surface area contributed by atoms with Gasteiger partial charge in [0.15, 0.2) is 0 Å². The Bertz CT molecular complexity index is 415. The molecule has 1 N–H and O–H groups in total. The Morgan fingerprint density at radius 1 is 1.14 bits per heavy atom. The van der Waals surface area contributed by atoms with Crippen LogP contribution in [0.5, 0.6) is 0 Å². The molecular formula is C18H28O3. The van der Waals surface area contributed by atoms with Gasteiger partial charge in [0, 0.05) is 7.11 Å². The Hall–Kier alpha value is -1.35. The van der Waals surface area contributed by atoms with Crippen molar-refractivity contribution in [3.8, 4) is 0 Å². The minimum absolute atomic E-state index is 0.108. The van der Waals surface area contributed by atoms with Crippen molar-refractivity contribution < 1.29 is 14.6 Å². The van der Waals surface area contributed by atoms with E-state index in [0.29, 0.717) is 12.0 Å². The SMILES string of the molecule is CCCCCCCCC(Cc1ccccc1C(=O)O)OC. The van der Waals surface area contributed by atoms with Crippen molar-refractivity contribution in [1.82, 2.24) is 0 Å². The zero-order valence-electron chi connectivity index (χ0n) is 13.3. The zero-order valence-corrected chi connectivity index (χ0v) is 13.3. The molecule has 1 rings (SSSR count). The van der Waals surface area contributed by atoms with Crippen LogP contribution in [0.2, 0.25) is 0 Å². The molecule has 0 heterocycles. The molecule has 0 aliphatic heterocycles. The summed E-state index contributed by atoms with van der Waals surface area (Å²) in [5.74, 6) is -0.861. The third kappa shape index (κ3) is 6.76. The van der Waals surface area contributed by atoms with Gasteiger partial charge in [-0.05, 0) is 24.5 Å². The molecule has 0 radical (unpaired) electrons. The fourth-order valence-corrected chi connectivity index (χ4v) is 2.61. The van der Waals surface area contributed by atoms with Crippen LogP contribution in [0.4, 0.5) is 0 Å². The van der Waals surface area contributed by atoms with Crippen LogP contribution >= 0.6 is 0 Å². The second-order valence-corrected chi connectivity index (χ2v) is 5.58. The van der Waals surface area contributed by atoms with Gasteiger partial charge in [0.25, 0.3) is 0 Å². The van der Waals surface area contributed by atoms with Gasteiger partial charge < -0.3 is 9.84 Å².